The van der Waals surface area contributed by atoms with Crippen LogP contribution in [0.4, 0.5) is 0 Å². The maximum Gasteiger partial charge on any atom is 0.128 e. The molecule has 0 aliphatic carbocycles. The van der Waals surface area contributed by atoms with Crippen LogP contribution in [0.2, 0.25) is 0 Å². The highest BCUT2D eigenvalue weighted by Crippen LogP contribution is 2.26. The van der Waals surface area contributed by atoms with E-state index in [2.05, 4.69) is 31.8 Å². The van der Waals surface area contributed by atoms with Crippen LogP contribution in [0.5, 0.6) is 5.75 Å². The molecule has 1 N–H and O–H groups in total. The monoisotopic (exact) mass is 203 g/mol. The second-order valence-electron chi connectivity index (χ2n) is 5.04. The van der Waals surface area contributed by atoms with E-state index >= 15 is 0 Å². The molecule has 0 saturated heterocycles. The summed E-state index contributed by atoms with van der Waals surface area (Å²) in [6.07, 6.45) is 1.94. The van der Waals surface area contributed by atoms with Crippen LogP contribution in [-0.2, 0) is 0 Å². The minimum absolute atomic E-state index is 0.193. The molecular weight excluding hydrogens is 186 g/mol. The van der Waals surface area contributed by atoms with Gasteiger partial charge >= 0.3 is 0 Å². The lowest BCUT2D eigenvalue weighted by atomic mass is 9.99. The zero-order valence-electron chi connectivity index (χ0n) is 9.50. The molecule has 0 atom stereocenters. The molecule has 0 aliphatic heterocycles. The largest absolute Gasteiger partial charge is 0.492 e. The van der Waals surface area contributed by atoms with Crippen molar-refractivity contribution in [3.63, 3.8) is 0 Å². The molecule has 0 spiro atoms. The number of aromatic nitrogens is 1. The third kappa shape index (κ3) is 2.32. The quantitative estimate of drug-likeness (QED) is 0.792. The van der Waals surface area contributed by atoms with E-state index in [1.165, 1.54) is 0 Å². The van der Waals surface area contributed by atoms with Gasteiger partial charge in [0.2, 0.25) is 0 Å². The second kappa shape index (κ2) is 3.61. The fraction of sp³-hybridized carbons (Fsp3) is 0.385. The average molecular weight is 203 g/mol. The van der Waals surface area contributed by atoms with Gasteiger partial charge in [-0.25, -0.2) is 0 Å². The number of hydrogen-bond donors (Lipinski definition) is 1. The third-order valence-corrected chi connectivity index (χ3v) is 2.22. The van der Waals surface area contributed by atoms with Crippen molar-refractivity contribution < 1.29 is 4.74 Å². The van der Waals surface area contributed by atoms with Crippen molar-refractivity contribution in [1.82, 2.24) is 4.98 Å². The van der Waals surface area contributed by atoms with Gasteiger partial charge in [-0.05, 0) is 23.6 Å². The molecule has 0 bridgehead atoms. The highest BCUT2D eigenvalue weighted by Gasteiger charge is 2.12. The highest BCUT2D eigenvalue weighted by molar-refractivity contribution is 5.85. The molecule has 15 heavy (non-hydrogen) atoms. The first-order valence-corrected chi connectivity index (χ1v) is 5.25. The van der Waals surface area contributed by atoms with Gasteiger partial charge in [-0.2, -0.15) is 0 Å². The number of rotatable bonds is 2. The lowest BCUT2D eigenvalue weighted by Crippen LogP contribution is -2.16. The Hall–Kier alpha value is -1.44. The molecule has 2 nitrogen and oxygen atoms in total. The number of H-pyrrole nitrogens is 1. The molecule has 1 aromatic heterocycles. The van der Waals surface area contributed by atoms with Crippen molar-refractivity contribution in [2.24, 2.45) is 5.41 Å². The Labute approximate surface area is 90.3 Å². The van der Waals surface area contributed by atoms with Crippen LogP contribution in [0.1, 0.15) is 20.8 Å². The molecule has 0 radical (unpaired) electrons. The van der Waals surface area contributed by atoms with Crippen LogP contribution < -0.4 is 4.74 Å². The Morgan fingerprint density at radius 1 is 1.20 bits per heavy atom. The zero-order chi connectivity index (χ0) is 10.9. The van der Waals surface area contributed by atoms with Gasteiger partial charge in [0.1, 0.15) is 5.75 Å². The first-order chi connectivity index (χ1) is 7.06. The third-order valence-electron chi connectivity index (χ3n) is 2.22. The van der Waals surface area contributed by atoms with Crippen molar-refractivity contribution >= 4 is 10.9 Å². The Morgan fingerprint density at radius 2 is 2.00 bits per heavy atom. The van der Waals surface area contributed by atoms with Crippen molar-refractivity contribution in [3.05, 3.63) is 30.5 Å². The maximum absolute atomic E-state index is 5.82. The summed E-state index contributed by atoms with van der Waals surface area (Å²) in [4.78, 5) is 3.18. The van der Waals surface area contributed by atoms with E-state index in [1.54, 1.807) is 0 Å². The van der Waals surface area contributed by atoms with E-state index in [0.717, 1.165) is 23.3 Å². The van der Waals surface area contributed by atoms with E-state index in [1.807, 2.05) is 24.4 Å². The number of ether oxygens (including phenoxy) is 1. The van der Waals surface area contributed by atoms with E-state index in [-0.39, 0.29) is 5.41 Å². The first-order valence-electron chi connectivity index (χ1n) is 5.25. The maximum atomic E-state index is 5.82. The van der Waals surface area contributed by atoms with Gasteiger partial charge in [-0.1, -0.05) is 26.8 Å². The summed E-state index contributed by atoms with van der Waals surface area (Å²) >= 11 is 0. The minimum atomic E-state index is 0.193. The molecule has 0 fully saturated rings. The van der Waals surface area contributed by atoms with Gasteiger partial charge in [-0.15, -0.1) is 0 Å². The number of hydrogen-bond acceptors (Lipinski definition) is 1. The van der Waals surface area contributed by atoms with Gasteiger partial charge in [0.25, 0.3) is 0 Å². The number of benzene rings is 1. The minimum Gasteiger partial charge on any atom is -0.492 e. The van der Waals surface area contributed by atoms with E-state index < -0.39 is 0 Å². The van der Waals surface area contributed by atoms with Gasteiger partial charge in [0.15, 0.2) is 0 Å². The molecule has 0 unspecified atom stereocenters. The SMILES string of the molecule is CC(C)(C)COc1cccc2[nH]ccc12. The van der Waals surface area contributed by atoms with E-state index in [9.17, 15) is 0 Å². The first kappa shape index (κ1) is 10.1. The van der Waals surface area contributed by atoms with Crippen molar-refractivity contribution in [2.75, 3.05) is 6.61 Å². The summed E-state index contributed by atoms with van der Waals surface area (Å²) in [7, 11) is 0. The molecule has 1 heterocycles. The molecule has 0 aliphatic rings. The fourth-order valence-corrected chi connectivity index (χ4v) is 1.48. The molecule has 2 rings (SSSR count). The Bertz CT molecular complexity index is 451. The van der Waals surface area contributed by atoms with Gasteiger partial charge in [0.05, 0.1) is 6.61 Å². The van der Waals surface area contributed by atoms with Crippen LogP contribution in [0.25, 0.3) is 10.9 Å². The Balaban J connectivity index is 2.24. The van der Waals surface area contributed by atoms with Crippen molar-refractivity contribution in [1.29, 1.82) is 0 Å². The van der Waals surface area contributed by atoms with Gasteiger partial charge < -0.3 is 9.72 Å². The lowest BCUT2D eigenvalue weighted by molar-refractivity contribution is 0.200. The Morgan fingerprint density at radius 3 is 2.73 bits per heavy atom. The molecular formula is C13H17NO. The summed E-state index contributed by atoms with van der Waals surface area (Å²) in [6.45, 7) is 7.25. The average Bonchev–Trinajstić information content (AvgIpc) is 2.61. The van der Waals surface area contributed by atoms with Crippen LogP contribution in [0, 0.1) is 5.41 Å². The van der Waals surface area contributed by atoms with E-state index in [4.69, 9.17) is 4.74 Å². The predicted octanol–water partition coefficient (Wildman–Crippen LogP) is 3.59. The van der Waals surface area contributed by atoms with Crippen molar-refractivity contribution in [3.8, 4) is 5.75 Å². The predicted molar refractivity (Wildman–Crippen MR) is 63.2 cm³/mol. The molecule has 2 heteroatoms. The normalized spacial score (nSPS) is 11.9. The molecule has 0 saturated carbocycles. The number of nitrogens with one attached hydrogen (secondary N) is 1. The summed E-state index contributed by atoms with van der Waals surface area (Å²) in [6, 6.07) is 8.13. The lowest BCUT2D eigenvalue weighted by Gasteiger charge is -2.19. The van der Waals surface area contributed by atoms with Gasteiger partial charge in [-0.3, -0.25) is 0 Å². The highest BCUT2D eigenvalue weighted by atomic mass is 16.5. The number of fused-ring (bicyclic) bond motifs is 1. The summed E-state index contributed by atoms with van der Waals surface area (Å²) in [5.74, 6) is 0.962. The summed E-state index contributed by atoms with van der Waals surface area (Å²) in [5, 5.41) is 1.15. The summed E-state index contributed by atoms with van der Waals surface area (Å²) in [5.41, 5.74) is 1.32. The van der Waals surface area contributed by atoms with Gasteiger partial charge in [0, 0.05) is 17.1 Å². The van der Waals surface area contributed by atoms with E-state index in [0.29, 0.717) is 0 Å². The smallest absolute Gasteiger partial charge is 0.128 e. The molecule has 2 aromatic rings. The topological polar surface area (TPSA) is 25.0 Å². The van der Waals surface area contributed by atoms with Crippen LogP contribution in [0.3, 0.4) is 0 Å². The zero-order valence-corrected chi connectivity index (χ0v) is 9.50. The second-order valence-corrected chi connectivity index (χ2v) is 5.04. The molecule has 1 aromatic carbocycles. The van der Waals surface area contributed by atoms with Crippen molar-refractivity contribution in [2.45, 2.75) is 20.8 Å². The fourth-order valence-electron chi connectivity index (χ4n) is 1.48. The molecule has 80 valence electrons. The molecule has 0 amide bonds. The van der Waals surface area contributed by atoms with Crippen LogP contribution in [0.15, 0.2) is 30.5 Å². The Kier molecular flexibility index (Phi) is 2.43. The van der Waals surface area contributed by atoms with Crippen LogP contribution >= 0.6 is 0 Å². The van der Waals surface area contributed by atoms with Crippen LogP contribution in [-0.4, -0.2) is 11.6 Å². The summed E-state index contributed by atoms with van der Waals surface area (Å²) < 4.78 is 5.82. The number of aromatic amines is 1. The standard InChI is InChI=1S/C13H17NO/c1-13(2,3)9-15-12-6-4-5-11-10(12)7-8-14-11/h4-8,14H,9H2,1-3H3.